The summed E-state index contributed by atoms with van der Waals surface area (Å²) in [5, 5.41) is 11.5. The fourth-order valence-electron chi connectivity index (χ4n) is 5.17. The zero-order valence-electron chi connectivity index (χ0n) is 22.4. The van der Waals surface area contributed by atoms with Gasteiger partial charge in [0.2, 0.25) is 0 Å². The third-order valence-electron chi connectivity index (χ3n) is 6.99. The number of hydrogen-bond acceptors (Lipinski definition) is 7. The molecule has 1 unspecified atom stereocenters. The Morgan fingerprint density at radius 1 is 1.00 bits per heavy atom. The van der Waals surface area contributed by atoms with Crippen LogP contribution in [-0.2, 0) is 9.53 Å². The molecule has 1 N–H and O–H groups in total. The van der Waals surface area contributed by atoms with Crippen LogP contribution in [0.15, 0.2) is 106 Å². The molecule has 5 aromatic rings. The number of phenols is 1. The minimum Gasteiger partial charge on any atom is -0.508 e. The van der Waals surface area contributed by atoms with Gasteiger partial charge in [0.1, 0.15) is 17.5 Å². The van der Waals surface area contributed by atoms with Crippen molar-refractivity contribution in [1.82, 2.24) is 4.57 Å². The van der Waals surface area contributed by atoms with Gasteiger partial charge in [0, 0.05) is 11.1 Å². The van der Waals surface area contributed by atoms with Crippen molar-refractivity contribution >= 4 is 39.9 Å². The fourth-order valence-corrected chi connectivity index (χ4v) is 6.17. The van der Waals surface area contributed by atoms with Crippen molar-refractivity contribution in [2.24, 2.45) is 4.99 Å². The zero-order valence-corrected chi connectivity index (χ0v) is 23.2. The highest BCUT2D eigenvalue weighted by Crippen LogP contribution is 2.42. The second-order valence-corrected chi connectivity index (χ2v) is 10.4. The van der Waals surface area contributed by atoms with Crippen molar-refractivity contribution in [3.05, 3.63) is 133 Å². The number of carbonyl (C=O) groups excluding carboxylic acids is 1. The van der Waals surface area contributed by atoms with E-state index in [1.54, 1.807) is 48.9 Å². The minimum absolute atomic E-state index is 0.137. The molecule has 4 aromatic carbocycles. The number of ether oxygens (including phenoxy) is 2. The molecular formula is C33H26N2O5S. The molecule has 0 aliphatic carbocycles. The summed E-state index contributed by atoms with van der Waals surface area (Å²) >= 11 is 1.24. The zero-order chi connectivity index (χ0) is 28.5. The van der Waals surface area contributed by atoms with Crippen LogP contribution in [0.3, 0.4) is 0 Å². The first-order chi connectivity index (χ1) is 20.0. The molecule has 204 valence electrons. The maximum Gasteiger partial charge on any atom is 0.338 e. The van der Waals surface area contributed by atoms with E-state index in [4.69, 9.17) is 14.5 Å². The number of fused-ring (bicyclic) bond motifs is 2. The van der Waals surface area contributed by atoms with Gasteiger partial charge >= 0.3 is 5.97 Å². The molecule has 0 saturated carbocycles. The summed E-state index contributed by atoms with van der Waals surface area (Å²) in [5.74, 6) is 0.124. The second-order valence-electron chi connectivity index (χ2n) is 9.43. The largest absolute Gasteiger partial charge is 0.508 e. The lowest BCUT2D eigenvalue weighted by molar-refractivity contribution is -0.138. The van der Waals surface area contributed by atoms with E-state index in [2.05, 4.69) is 0 Å². The molecule has 41 heavy (non-hydrogen) atoms. The van der Waals surface area contributed by atoms with Gasteiger partial charge in [-0.05, 0) is 47.5 Å². The number of rotatable bonds is 6. The Labute approximate surface area is 239 Å². The van der Waals surface area contributed by atoms with Gasteiger partial charge in [0.15, 0.2) is 4.80 Å². The van der Waals surface area contributed by atoms with Gasteiger partial charge in [0.25, 0.3) is 5.56 Å². The number of methoxy groups -OCH3 is 1. The maximum absolute atomic E-state index is 14.2. The third-order valence-corrected chi connectivity index (χ3v) is 7.97. The molecule has 1 aliphatic heterocycles. The van der Waals surface area contributed by atoms with E-state index < -0.39 is 12.0 Å². The fraction of sp³-hybridized carbons (Fsp3) is 0.121. The van der Waals surface area contributed by atoms with Gasteiger partial charge in [-0.1, -0.05) is 84.1 Å². The SMILES string of the molecule is CCOC(=O)C1=C(c2ccccc2)N=c2s/c(=C/c3ccc(O)cc3)c(=O)n2C1c1c(OC)ccc2ccccc12. The summed E-state index contributed by atoms with van der Waals surface area (Å²) in [7, 11) is 1.58. The van der Waals surface area contributed by atoms with Crippen molar-refractivity contribution in [3.8, 4) is 11.5 Å². The average Bonchev–Trinajstić information content (AvgIpc) is 3.31. The van der Waals surface area contributed by atoms with Crippen molar-refractivity contribution in [2.45, 2.75) is 13.0 Å². The molecule has 6 rings (SSSR count). The predicted molar refractivity (Wildman–Crippen MR) is 160 cm³/mol. The highest BCUT2D eigenvalue weighted by atomic mass is 32.1. The molecule has 8 heteroatoms. The van der Waals surface area contributed by atoms with E-state index in [1.165, 1.54) is 11.3 Å². The number of carbonyl (C=O) groups is 1. The number of aromatic nitrogens is 1. The van der Waals surface area contributed by atoms with Crippen LogP contribution in [0.5, 0.6) is 11.5 Å². The van der Waals surface area contributed by atoms with E-state index in [0.29, 0.717) is 26.3 Å². The molecule has 1 aliphatic rings. The molecule has 1 aromatic heterocycles. The summed E-state index contributed by atoms with van der Waals surface area (Å²) in [5.41, 5.74) is 2.57. The lowest BCUT2D eigenvalue weighted by atomic mass is 9.89. The quantitative estimate of drug-likeness (QED) is 0.300. The molecule has 0 fully saturated rings. The number of phenolic OH excluding ortho intramolecular Hbond substituents is 1. The number of esters is 1. The smallest absolute Gasteiger partial charge is 0.338 e. The van der Waals surface area contributed by atoms with Crippen LogP contribution >= 0.6 is 11.3 Å². The summed E-state index contributed by atoms with van der Waals surface area (Å²) in [4.78, 5) is 33.4. The van der Waals surface area contributed by atoms with E-state index in [9.17, 15) is 14.7 Å². The third kappa shape index (κ3) is 4.72. The minimum atomic E-state index is -0.872. The van der Waals surface area contributed by atoms with Crippen molar-refractivity contribution in [1.29, 1.82) is 0 Å². The Balaban J connectivity index is 1.75. The first kappa shape index (κ1) is 26.3. The highest BCUT2D eigenvalue weighted by molar-refractivity contribution is 7.07. The molecule has 0 saturated heterocycles. The van der Waals surface area contributed by atoms with Gasteiger partial charge in [-0.15, -0.1) is 0 Å². The first-order valence-corrected chi connectivity index (χ1v) is 13.9. The normalized spacial score (nSPS) is 15.0. The molecule has 0 radical (unpaired) electrons. The Bertz CT molecular complexity index is 1990. The highest BCUT2D eigenvalue weighted by Gasteiger charge is 2.37. The van der Waals surface area contributed by atoms with Gasteiger partial charge in [-0.2, -0.15) is 0 Å². The molecule has 7 nitrogen and oxygen atoms in total. The van der Waals surface area contributed by atoms with Gasteiger partial charge < -0.3 is 14.6 Å². The van der Waals surface area contributed by atoms with Crippen LogP contribution in [0, 0.1) is 0 Å². The van der Waals surface area contributed by atoms with Crippen LogP contribution < -0.4 is 19.6 Å². The van der Waals surface area contributed by atoms with Crippen molar-refractivity contribution in [2.75, 3.05) is 13.7 Å². The van der Waals surface area contributed by atoms with E-state index >= 15 is 0 Å². The number of nitrogens with zero attached hydrogens (tertiary/aromatic N) is 2. The molecule has 1 atom stereocenters. The van der Waals surface area contributed by atoms with Crippen LogP contribution in [0.2, 0.25) is 0 Å². The van der Waals surface area contributed by atoms with Gasteiger partial charge in [-0.3, -0.25) is 9.36 Å². The molecular weight excluding hydrogens is 536 g/mol. The predicted octanol–water partition coefficient (Wildman–Crippen LogP) is 4.80. The van der Waals surface area contributed by atoms with E-state index in [0.717, 1.165) is 21.9 Å². The average molecular weight is 563 g/mol. The van der Waals surface area contributed by atoms with Gasteiger partial charge in [0.05, 0.1) is 29.5 Å². The molecule has 0 spiro atoms. The Hall–Kier alpha value is -4.95. The molecule has 0 bridgehead atoms. The first-order valence-electron chi connectivity index (χ1n) is 13.1. The van der Waals surface area contributed by atoms with Crippen LogP contribution in [0.4, 0.5) is 0 Å². The monoisotopic (exact) mass is 562 g/mol. The summed E-state index contributed by atoms with van der Waals surface area (Å²) in [6.07, 6.45) is 1.76. The Kier molecular flexibility index (Phi) is 6.99. The number of benzene rings is 4. The second kappa shape index (κ2) is 10.9. The van der Waals surface area contributed by atoms with Crippen LogP contribution in [0.1, 0.15) is 29.7 Å². The Morgan fingerprint density at radius 3 is 2.46 bits per heavy atom. The summed E-state index contributed by atoms with van der Waals surface area (Å²) in [6.45, 7) is 1.91. The van der Waals surface area contributed by atoms with Crippen LogP contribution in [-0.4, -0.2) is 29.4 Å². The molecule has 2 heterocycles. The lowest BCUT2D eigenvalue weighted by Crippen LogP contribution is -2.40. The van der Waals surface area contributed by atoms with E-state index in [1.807, 2.05) is 66.7 Å². The summed E-state index contributed by atoms with van der Waals surface area (Å²) < 4.78 is 13.5. The molecule has 0 amide bonds. The lowest BCUT2D eigenvalue weighted by Gasteiger charge is -2.28. The topological polar surface area (TPSA) is 90.1 Å². The van der Waals surface area contributed by atoms with Gasteiger partial charge in [-0.25, -0.2) is 9.79 Å². The number of hydrogen-bond donors (Lipinski definition) is 1. The van der Waals surface area contributed by atoms with Crippen molar-refractivity contribution < 1.29 is 19.4 Å². The Morgan fingerprint density at radius 2 is 1.73 bits per heavy atom. The van der Waals surface area contributed by atoms with E-state index in [-0.39, 0.29) is 23.5 Å². The number of aromatic hydroxyl groups is 1. The van der Waals surface area contributed by atoms with Crippen molar-refractivity contribution in [3.63, 3.8) is 0 Å². The standard InChI is InChI=1S/C33H26N2O5S/c1-3-40-32(38)28-29(22-10-5-4-6-11-22)34-33-35(31(37)26(41-33)19-20-13-16-23(36)17-14-20)30(28)27-24-12-8-7-9-21(24)15-18-25(27)39-2/h4-19,30,36H,3H2,1-2H3/b26-19+. The summed E-state index contributed by atoms with van der Waals surface area (Å²) in [6, 6.07) is 26.8. The maximum atomic E-state index is 14.2. The number of thiazole rings is 1. The van der Waals surface area contributed by atoms with Crippen LogP contribution in [0.25, 0.3) is 22.5 Å².